The number of halogens is 4. The van der Waals surface area contributed by atoms with E-state index in [1.165, 1.54) is 30.1 Å². The van der Waals surface area contributed by atoms with Gasteiger partial charge in [0.15, 0.2) is 10.8 Å². The summed E-state index contributed by atoms with van der Waals surface area (Å²) in [5.41, 5.74) is -4.52. The first-order valence-corrected chi connectivity index (χ1v) is 10.4. The van der Waals surface area contributed by atoms with Crippen LogP contribution in [0.2, 0.25) is 0 Å². The molecular formula is C21H14BF4N5O2S. The highest BCUT2D eigenvalue weighted by molar-refractivity contribution is 7.81. The van der Waals surface area contributed by atoms with Crippen LogP contribution in [0.3, 0.4) is 0 Å². The van der Waals surface area contributed by atoms with Gasteiger partial charge in [0.05, 0.1) is 16.8 Å². The molecule has 0 unspecified atom stereocenters. The lowest BCUT2D eigenvalue weighted by Gasteiger charge is -2.43. The van der Waals surface area contributed by atoms with Gasteiger partial charge in [-0.2, -0.15) is 18.4 Å². The van der Waals surface area contributed by atoms with Crippen LogP contribution < -0.4 is 20.7 Å². The second kappa shape index (κ2) is 8.05. The topological polar surface area (TPSA) is 89.3 Å². The van der Waals surface area contributed by atoms with Crippen molar-refractivity contribution in [3.63, 3.8) is 0 Å². The van der Waals surface area contributed by atoms with E-state index in [9.17, 15) is 27.2 Å². The van der Waals surface area contributed by atoms with Gasteiger partial charge >= 0.3 is 6.18 Å². The summed E-state index contributed by atoms with van der Waals surface area (Å²) in [7, 11) is 7.18. The van der Waals surface area contributed by atoms with Gasteiger partial charge in [-0.05, 0) is 55.7 Å². The first kappa shape index (κ1) is 23.6. The first-order valence-electron chi connectivity index (χ1n) is 9.94. The molecule has 2 amide bonds. The van der Waals surface area contributed by atoms with Crippen LogP contribution in [0.25, 0.3) is 0 Å². The zero-order valence-corrected chi connectivity index (χ0v) is 18.4. The third-order valence-corrected chi connectivity index (χ3v) is 6.32. The Morgan fingerprint density at radius 2 is 2.00 bits per heavy atom. The van der Waals surface area contributed by atoms with Crippen LogP contribution in [0.15, 0.2) is 24.3 Å². The van der Waals surface area contributed by atoms with Gasteiger partial charge in [-0.1, -0.05) is 0 Å². The Morgan fingerprint density at radius 1 is 1.32 bits per heavy atom. The number of hydrogen-bond acceptors (Lipinski definition) is 5. The summed E-state index contributed by atoms with van der Waals surface area (Å²) >= 11 is 5.46. The molecule has 34 heavy (non-hydrogen) atoms. The lowest BCUT2D eigenvalue weighted by Crippen LogP contribution is -2.55. The van der Waals surface area contributed by atoms with E-state index in [1.54, 1.807) is 0 Å². The fourth-order valence-corrected chi connectivity index (χ4v) is 4.61. The number of nitriles is 1. The summed E-state index contributed by atoms with van der Waals surface area (Å²) in [5, 5.41) is 11.1. The molecule has 7 nitrogen and oxygen atoms in total. The number of benzene rings is 1. The molecule has 1 saturated carbocycles. The average Bonchev–Trinajstić information content (AvgIpc) is 2.99. The SMILES string of the molecule is [B]c1nc(C#N)c(C(F)(F)F)cc1N1C(=O)C2(CCC2)N(c2ccc(C(=O)NC)c(F)c2)C1=S. The molecule has 1 N–H and O–H groups in total. The Kier molecular flexibility index (Phi) is 5.60. The summed E-state index contributed by atoms with van der Waals surface area (Å²) in [6.07, 6.45) is -3.67. The largest absolute Gasteiger partial charge is 0.419 e. The quantitative estimate of drug-likeness (QED) is 0.406. The van der Waals surface area contributed by atoms with Crippen molar-refractivity contribution >= 4 is 54.0 Å². The molecule has 1 aromatic carbocycles. The van der Waals surface area contributed by atoms with Gasteiger partial charge in [0.2, 0.25) is 0 Å². The van der Waals surface area contributed by atoms with Crippen molar-refractivity contribution in [1.82, 2.24) is 10.3 Å². The minimum Gasteiger partial charge on any atom is -0.355 e. The van der Waals surface area contributed by atoms with Crippen LogP contribution >= 0.6 is 12.2 Å². The highest BCUT2D eigenvalue weighted by atomic mass is 32.1. The highest BCUT2D eigenvalue weighted by Crippen LogP contribution is 2.48. The van der Waals surface area contributed by atoms with Gasteiger partial charge in [-0.3, -0.25) is 19.5 Å². The molecule has 1 saturated heterocycles. The van der Waals surface area contributed by atoms with E-state index < -0.39 is 51.9 Å². The maximum Gasteiger partial charge on any atom is 0.419 e. The molecular weight excluding hydrogens is 473 g/mol. The Labute approximate surface area is 197 Å². The lowest BCUT2D eigenvalue weighted by atomic mass is 9.75. The minimum atomic E-state index is -4.93. The zero-order valence-electron chi connectivity index (χ0n) is 17.5. The predicted octanol–water partition coefficient (Wildman–Crippen LogP) is 2.33. The van der Waals surface area contributed by atoms with E-state index >= 15 is 0 Å². The van der Waals surface area contributed by atoms with Gasteiger partial charge in [0.1, 0.15) is 25.3 Å². The van der Waals surface area contributed by atoms with E-state index in [2.05, 4.69) is 10.3 Å². The summed E-state index contributed by atoms with van der Waals surface area (Å²) < 4.78 is 55.2. The summed E-state index contributed by atoms with van der Waals surface area (Å²) in [6, 6.07) is 5.58. The van der Waals surface area contributed by atoms with Crippen molar-refractivity contribution in [1.29, 1.82) is 5.26 Å². The molecule has 1 aliphatic carbocycles. The van der Waals surface area contributed by atoms with Crippen LogP contribution in [0.1, 0.15) is 40.9 Å². The van der Waals surface area contributed by atoms with E-state index in [-0.39, 0.29) is 16.4 Å². The monoisotopic (exact) mass is 487 g/mol. The number of rotatable bonds is 3. The number of aromatic nitrogens is 1. The van der Waals surface area contributed by atoms with Crippen molar-refractivity contribution in [2.45, 2.75) is 31.0 Å². The molecule has 172 valence electrons. The maximum absolute atomic E-state index is 14.7. The number of alkyl halides is 3. The van der Waals surface area contributed by atoms with Gasteiger partial charge in [-0.15, -0.1) is 0 Å². The number of carbonyl (C=O) groups is 2. The van der Waals surface area contributed by atoms with Crippen molar-refractivity contribution in [3.8, 4) is 6.07 Å². The fourth-order valence-electron chi connectivity index (χ4n) is 4.15. The van der Waals surface area contributed by atoms with Gasteiger partial charge < -0.3 is 10.2 Å². The lowest BCUT2D eigenvalue weighted by molar-refractivity contribution is -0.138. The van der Waals surface area contributed by atoms with E-state index in [1.807, 2.05) is 0 Å². The number of hydrogen-bond donors (Lipinski definition) is 1. The van der Waals surface area contributed by atoms with Crippen LogP contribution in [-0.2, 0) is 11.0 Å². The van der Waals surface area contributed by atoms with Crippen molar-refractivity contribution in [2.24, 2.45) is 0 Å². The Morgan fingerprint density at radius 3 is 2.50 bits per heavy atom. The van der Waals surface area contributed by atoms with E-state index in [0.29, 0.717) is 25.3 Å². The smallest absolute Gasteiger partial charge is 0.355 e. The van der Waals surface area contributed by atoms with Crippen molar-refractivity contribution in [2.75, 3.05) is 16.8 Å². The van der Waals surface area contributed by atoms with Gasteiger partial charge in [0, 0.05) is 18.3 Å². The van der Waals surface area contributed by atoms with Gasteiger partial charge in [-0.25, -0.2) is 4.39 Å². The Hall–Kier alpha value is -3.53. The molecule has 13 heteroatoms. The Balaban J connectivity index is 1.84. The van der Waals surface area contributed by atoms with Crippen LogP contribution in [0.4, 0.5) is 28.9 Å². The van der Waals surface area contributed by atoms with Crippen LogP contribution in [0, 0.1) is 17.1 Å². The standard InChI is InChI=1S/C21H14BF4N5O2S/c1-28-17(32)11-4-3-10(7-13(11)23)31-19(34)30(18(33)20(31)5-2-6-20)15-8-12(21(24,25)26)14(9-27)29-16(15)22/h3-4,7-8H,2,5-6H2,1H3,(H,28,32). The molecule has 1 aromatic heterocycles. The Bertz CT molecular complexity index is 1290. The number of thiocarbonyl (C=S) groups is 1. The molecule has 0 atom stereocenters. The molecule has 1 aliphatic heterocycles. The molecule has 2 aromatic rings. The zero-order chi connectivity index (χ0) is 25.0. The summed E-state index contributed by atoms with van der Waals surface area (Å²) in [4.78, 5) is 31.1. The normalized spacial score (nSPS) is 17.1. The third-order valence-electron chi connectivity index (χ3n) is 5.96. The number of anilines is 2. The number of nitrogens with one attached hydrogen (secondary N) is 1. The predicted molar refractivity (Wildman–Crippen MR) is 118 cm³/mol. The summed E-state index contributed by atoms with van der Waals surface area (Å²) in [5.74, 6) is -2.15. The molecule has 2 aliphatic rings. The first-order chi connectivity index (χ1) is 16.0. The van der Waals surface area contributed by atoms with Crippen molar-refractivity contribution in [3.05, 3.63) is 46.9 Å². The number of nitrogens with zero attached hydrogens (tertiary/aromatic N) is 4. The molecule has 2 heterocycles. The molecule has 0 bridgehead atoms. The average molecular weight is 487 g/mol. The second-order valence-electron chi connectivity index (χ2n) is 7.79. The summed E-state index contributed by atoms with van der Waals surface area (Å²) in [6.45, 7) is 0. The molecule has 4 rings (SSSR count). The van der Waals surface area contributed by atoms with Gasteiger partial charge in [0.25, 0.3) is 11.8 Å². The molecule has 2 fully saturated rings. The molecule has 2 radical (unpaired) electrons. The van der Waals surface area contributed by atoms with Crippen molar-refractivity contribution < 1.29 is 27.2 Å². The number of pyridine rings is 1. The fraction of sp³-hybridized carbons (Fsp3) is 0.286. The van der Waals surface area contributed by atoms with Crippen LogP contribution in [-0.4, -0.2) is 42.3 Å². The van der Waals surface area contributed by atoms with Crippen LogP contribution in [0.5, 0.6) is 0 Å². The van der Waals surface area contributed by atoms with E-state index in [0.717, 1.165) is 11.0 Å². The number of amides is 2. The highest BCUT2D eigenvalue weighted by Gasteiger charge is 2.60. The minimum absolute atomic E-state index is 0.155. The maximum atomic E-state index is 14.7. The number of carbonyl (C=O) groups excluding carboxylic acids is 2. The second-order valence-corrected chi connectivity index (χ2v) is 8.15. The van der Waals surface area contributed by atoms with E-state index in [4.69, 9.17) is 25.3 Å². The third kappa shape index (κ3) is 3.40. The molecule has 1 spiro atoms.